The van der Waals surface area contributed by atoms with E-state index in [1.807, 2.05) is 30.3 Å². The van der Waals surface area contributed by atoms with E-state index in [-0.39, 0.29) is 30.0 Å². The molecule has 3 aromatic carbocycles. The molecule has 0 bridgehead atoms. The fourth-order valence-corrected chi connectivity index (χ4v) is 4.96. The summed E-state index contributed by atoms with van der Waals surface area (Å²) in [6.45, 7) is 5.93. The Balaban J connectivity index is 1.35. The van der Waals surface area contributed by atoms with Crippen molar-refractivity contribution in [3.8, 4) is 0 Å². The first-order chi connectivity index (χ1) is 19.9. The van der Waals surface area contributed by atoms with Crippen LogP contribution in [0.2, 0.25) is 0 Å². The number of amidine groups is 1. The smallest absolute Gasteiger partial charge is 0.223 e. The minimum absolute atomic E-state index is 0.00737. The SMILES string of the molecule is C[C@H](CC(=O)[C@@H](CCc1ccccc1)NCc1cccc(N2CCOCC2)c1)C(=O)NCc1ccc(C(=N)N)cc1. The van der Waals surface area contributed by atoms with Crippen LogP contribution in [-0.2, 0) is 33.8 Å². The molecule has 41 heavy (non-hydrogen) atoms. The molecular formula is C33H41N5O3. The number of carbonyl (C=O) groups is 2. The number of aryl methyl sites for hydroxylation is 1. The maximum Gasteiger partial charge on any atom is 0.223 e. The van der Waals surface area contributed by atoms with Gasteiger partial charge in [-0.25, -0.2) is 0 Å². The van der Waals surface area contributed by atoms with Crippen LogP contribution in [0.3, 0.4) is 0 Å². The maximum absolute atomic E-state index is 13.5. The van der Waals surface area contributed by atoms with Gasteiger partial charge < -0.3 is 26.0 Å². The van der Waals surface area contributed by atoms with Gasteiger partial charge in [-0.05, 0) is 41.7 Å². The number of nitrogens with zero attached hydrogens (tertiary/aromatic N) is 1. The van der Waals surface area contributed by atoms with Crippen molar-refractivity contribution in [3.05, 3.63) is 101 Å². The minimum atomic E-state index is -0.454. The number of Topliss-reactive ketones (excluding diaryl/α,β-unsaturated/α-hetero) is 1. The first-order valence-corrected chi connectivity index (χ1v) is 14.3. The molecule has 1 aliphatic heterocycles. The van der Waals surface area contributed by atoms with Gasteiger partial charge in [0.2, 0.25) is 5.91 Å². The van der Waals surface area contributed by atoms with E-state index >= 15 is 0 Å². The Morgan fingerprint density at radius 1 is 0.927 bits per heavy atom. The molecule has 8 heteroatoms. The molecule has 1 aliphatic rings. The summed E-state index contributed by atoms with van der Waals surface area (Å²) in [5.41, 5.74) is 10.5. The van der Waals surface area contributed by atoms with Crippen molar-refractivity contribution in [1.82, 2.24) is 10.6 Å². The number of hydrogen-bond donors (Lipinski definition) is 4. The van der Waals surface area contributed by atoms with E-state index < -0.39 is 5.92 Å². The zero-order valence-corrected chi connectivity index (χ0v) is 23.8. The van der Waals surface area contributed by atoms with Crippen molar-refractivity contribution in [2.75, 3.05) is 31.2 Å². The molecule has 1 fully saturated rings. The number of nitrogens with one attached hydrogen (secondary N) is 3. The van der Waals surface area contributed by atoms with Gasteiger partial charge in [0.25, 0.3) is 0 Å². The highest BCUT2D eigenvalue weighted by Crippen LogP contribution is 2.18. The average molecular weight is 556 g/mol. The molecule has 0 spiro atoms. The molecular weight excluding hydrogens is 514 g/mol. The van der Waals surface area contributed by atoms with Crippen molar-refractivity contribution in [2.45, 2.75) is 45.3 Å². The van der Waals surface area contributed by atoms with E-state index in [2.05, 4.69) is 51.9 Å². The van der Waals surface area contributed by atoms with Gasteiger partial charge in [0, 0.05) is 49.8 Å². The fraction of sp³-hybridized carbons (Fsp3) is 0.364. The lowest BCUT2D eigenvalue weighted by molar-refractivity contribution is -0.129. The summed E-state index contributed by atoms with van der Waals surface area (Å²) in [6, 6.07) is 25.4. The molecule has 2 atom stereocenters. The number of anilines is 1. The second-order valence-electron chi connectivity index (χ2n) is 10.6. The van der Waals surface area contributed by atoms with E-state index in [0.29, 0.717) is 25.1 Å². The standard InChI is InChI=1S/C33H41N5O3/c1-24(33(40)37-22-26-10-13-28(14-11-26)32(34)35)20-31(39)30(15-12-25-6-3-2-4-7-25)36-23-27-8-5-9-29(21-27)38-16-18-41-19-17-38/h2-11,13-14,21,24,30,36H,12,15-20,22-23H2,1H3,(H3,34,35)(H,37,40)/t24-,30-/m1/s1. The fourth-order valence-electron chi connectivity index (χ4n) is 4.96. The van der Waals surface area contributed by atoms with Crippen LogP contribution in [0.25, 0.3) is 0 Å². The van der Waals surface area contributed by atoms with Crippen LogP contribution < -0.4 is 21.3 Å². The summed E-state index contributed by atoms with van der Waals surface area (Å²) < 4.78 is 5.49. The van der Waals surface area contributed by atoms with E-state index in [4.69, 9.17) is 15.9 Å². The molecule has 5 N–H and O–H groups in total. The van der Waals surface area contributed by atoms with Crippen LogP contribution in [0.4, 0.5) is 5.69 Å². The highest BCUT2D eigenvalue weighted by Gasteiger charge is 2.24. The van der Waals surface area contributed by atoms with Gasteiger partial charge in [-0.2, -0.15) is 0 Å². The van der Waals surface area contributed by atoms with Crippen molar-refractivity contribution in [3.63, 3.8) is 0 Å². The molecule has 1 saturated heterocycles. The number of ketones is 1. The Kier molecular flexibility index (Phi) is 11.0. The first kappa shape index (κ1) is 30.0. The summed E-state index contributed by atoms with van der Waals surface area (Å²) >= 11 is 0. The summed E-state index contributed by atoms with van der Waals surface area (Å²) in [5.74, 6) is -0.564. The topological polar surface area (TPSA) is 121 Å². The Morgan fingerprint density at radius 3 is 2.34 bits per heavy atom. The predicted molar refractivity (Wildman–Crippen MR) is 163 cm³/mol. The number of ether oxygens (including phenoxy) is 1. The third-order valence-corrected chi connectivity index (χ3v) is 7.48. The van der Waals surface area contributed by atoms with Crippen molar-refractivity contribution in [2.24, 2.45) is 11.7 Å². The van der Waals surface area contributed by atoms with E-state index in [0.717, 1.165) is 43.9 Å². The molecule has 0 unspecified atom stereocenters. The molecule has 3 aromatic rings. The lowest BCUT2D eigenvalue weighted by Gasteiger charge is -2.29. The quantitative estimate of drug-likeness (QED) is 0.177. The normalized spacial score (nSPS) is 14.7. The van der Waals surface area contributed by atoms with Crippen molar-refractivity contribution < 1.29 is 14.3 Å². The Morgan fingerprint density at radius 2 is 1.63 bits per heavy atom. The van der Waals surface area contributed by atoms with Gasteiger partial charge in [0.05, 0.1) is 19.3 Å². The zero-order valence-electron chi connectivity index (χ0n) is 23.8. The number of amides is 1. The summed E-state index contributed by atoms with van der Waals surface area (Å²) in [4.78, 5) is 28.7. The number of carbonyl (C=O) groups excluding carboxylic acids is 2. The van der Waals surface area contributed by atoms with Crippen LogP contribution in [0.1, 0.15) is 42.0 Å². The molecule has 8 nitrogen and oxygen atoms in total. The second kappa shape index (κ2) is 15.1. The Bertz CT molecular complexity index is 1290. The van der Waals surface area contributed by atoms with E-state index in [9.17, 15) is 9.59 Å². The largest absolute Gasteiger partial charge is 0.384 e. The van der Waals surface area contributed by atoms with Gasteiger partial charge in [-0.1, -0.05) is 73.7 Å². The van der Waals surface area contributed by atoms with Crippen LogP contribution in [0, 0.1) is 11.3 Å². The highest BCUT2D eigenvalue weighted by molar-refractivity contribution is 5.95. The number of hydrogen-bond acceptors (Lipinski definition) is 6. The number of nitrogens with two attached hydrogens (primary N) is 1. The third kappa shape index (κ3) is 9.27. The first-order valence-electron chi connectivity index (χ1n) is 14.3. The van der Waals surface area contributed by atoms with Crippen LogP contribution in [0.15, 0.2) is 78.9 Å². The molecule has 1 amide bonds. The van der Waals surface area contributed by atoms with Gasteiger partial charge in [-0.3, -0.25) is 15.0 Å². The summed E-state index contributed by atoms with van der Waals surface area (Å²) in [7, 11) is 0. The van der Waals surface area contributed by atoms with Crippen molar-refractivity contribution in [1.29, 1.82) is 5.41 Å². The minimum Gasteiger partial charge on any atom is -0.384 e. The highest BCUT2D eigenvalue weighted by atomic mass is 16.5. The van der Waals surface area contributed by atoms with E-state index in [1.165, 1.54) is 11.3 Å². The van der Waals surface area contributed by atoms with Gasteiger partial charge in [0.15, 0.2) is 5.78 Å². The molecule has 0 aromatic heterocycles. The van der Waals surface area contributed by atoms with Gasteiger partial charge in [0.1, 0.15) is 5.84 Å². The molecule has 1 heterocycles. The summed E-state index contributed by atoms with van der Waals surface area (Å²) in [5, 5.41) is 13.9. The van der Waals surface area contributed by atoms with Gasteiger partial charge in [-0.15, -0.1) is 0 Å². The zero-order chi connectivity index (χ0) is 29.0. The molecule has 0 saturated carbocycles. The molecule has 0 aliphatic carbocycles. The number of morpholine rings is 1. The molecule has 0 radical (unpaired) electrons. The number of nitrogen functional groups attached to an aromatic ring is 1. The Hall–Kier alpha value is -4.01. The number of benzene rings is 3. The van der Waals surface area contributed by atoms with Crippen LogP contribution in [-0.4, -0.2) is 49.9 Å². The lowest BCUT2D eigenvalue weighted by Crippen LogP contribution is -2.39. The van der Waals surface area contributed by atoms with Crippen LogP contribution in [0.5, 0.6) is 0 Å². The van der Waals surface area contributed by atoms with Gasteiger partial charge >= 0.3 is 0 Å². The van der Waals surface area contributed by atoms with E-state index in [1.54, 1.807) is 19.1 Å². The van der Waals surface area contributed by atoms with Crippen LogP contribution >= 0.6 is 0 Å². The monoisotopic (exact) mass is 555 g/mol. The molecule has 4 rings (SSSR count). The molecule has 216 valence electrons. The maximum atomic E-state index is 13.5. The predicted octanol–water partition coefficient (Wildman–Crippen LogP) is 3.81. The average Bonchev–Trinajstić information content (AvgIpc) is 3.01. The number of rotatable bonds is 14. The lowest BCUT2D eigenvalue weighted by atomic mass is 9.95. The Labute approximate surface area is 242 Å². The summed E-state index contributed by atoms with van der Waals surface area (Å²) in [6.07, 6.45) is 1.59. The third-order valence-electron chi connectivity index (χ3n) is 7.48. The van der Waals surface area contributed by atoms with Crippen molar-refractivity contribution >= 4 is 23.2 Å². The second-order valence-corrected chi connectivity index (χ2v) is 10.6.